The number of nitrogens with zero attached hydrogens (tertiary/aromatic N) is 1. The number of hydrogen-bond donors (Lipinski definition) is 3. The van der Waals surface area contributed by atoms with Crippen LogP contribution in [0.4, 0.5) is 0 Å². The summed E-state index contributed by atoms with van der Waals surface area (Å²) in [5, 5.41) is 10.5. The van der Waals surface area contributed by atoms with Gasteiger partial charge in [-0.3, -0.25) is 0 Å². The van der Waals surface area contributed by atoms with Crippen LogP contribution in [-0.4, -0.2) is 93.9 Å². The minimum Gasteiger partial charge on any atom is -0.377 e. The quantitative estimate of drug-likeness (QED) is 0.556. The molecule has 0 atom stereocenters. The van der Waals surface area contributed by atoms with Crippen molar-refractivity contribution in [1.29, 1.82) is 0 Å². The van der Waals surface area contributed by atoms with Crippen molar-refractivity contribution in [2.75, 3.05) is 80.2 Å². The van der Waals surface area contributed by atoms with Crippen molar-refractivity contribution in [1.82, 2.24) is 20.9 Å². The molecule has 1 rings (SSSR count). The summed E-state index contributed by atoms with van der Waals surface area (Å²) in [6.45, 7) is 9.70. The van der Waals surface area contributed by atoms with Crippen LogP contribution in [0.15, 0.2) is 0 Å². The van der Waals surface area contributed by atoms with Crippen molar-refractivity contribution >= 4 is 8.80 Å². The fraction of sp³-hybridized carbons (Fsp3) is 1.00. The molecule has 0 aliphatic carbocycles. The lowest BCUT2D eigenvalue weighted by molar-refractivity contribution is 0.121. The van der Waals surface area contributed by atoms with Crippen molar-refractivity contribution in [2.24, 2.45) is 0 Å². The Hall–Kier alpha value is -0.0631. The van der Waals surface area contributed by atoms with Crippen LogP contribution < -0.4 is 16.0 Å². The third-order valence-corrected chi connectivity index (χ3v) is 7.34. The summed E-state index contributed by atoms with van der Waals surface area (Å²) in [6, 6.07) is 0.865. The van der Waals surface area contributed by atoms with Gasteiger partial charge >= 0.3 is 8.80 Å². The first-order chi connectivity index (χ1) is 11.8. The van der Waals surface area contributed by atoms with E-state index in [0.717, 1.165) is 71.4 Å². The normalized spacial score (nSPS) is 20.6. The van der Waals surface area contributed by atoms with Crippen LogP contribution in [0.1, 0.15) is 19.3 Å². The third-order valence-electron chi connectivity index (χ3n) is 4.51. The Morgan fingerprint density at radius 3 is 1.96 bits per heavy atom. The van der Waals surface area contributed by atoms with E-state index in [0.29, 0.717) is 0 Å². The fourth-order valence-corrected chi connectivity index (χ4v) is 4.67. The summed E-state index contributed by atoms with van der Waals surface area (Å²) in [6.07, 6.45) is 3.41. The maximum Gasteiger partial charge on any atom is 0.500 e. The molecule has 144 valence electrons. The lowest BCUT2D eigenvalue weighted by Crippen LogP contribution is -2.43. The van der Waals surface area contributed by atoms with Gasteiger partial charge in [0.05, 0.1) is 0 Å². The molecule has 1 heterocycles. The molecular formula is C16H38N4O3Si. The van der Waals surface area contributed by atoms with Crippen LogP contribution >= 0.6 is 0 Å². The minimum atomic E-state index is -2.43. The Morgan fingerprint density at radius 2 is 1.33 bits per heavy atom. The van der Waals surface area contributed by atoms with Gasteiger partial charge in [0, 0.05) is 53.6 Å². The van der Waals surface area contributed by atoms with E-state index in [-0.39, 0.29) is 0 Å². The Kier molecular flexibility index (Phi) is 13.0. The van der Waals surface area contributed by atoms with E-state index in [9.17, 15) is 0 Å². The van der Waals surface area contributed by atoms with E-state index in [1.165, 1.54) is 12.8 Å². The Labute approximate surface area is 149 Å². The largest absolute Gasteiger partial charge is 0.500 e. The van der Waals surface area contributed by atoms with Crippen molar-refractivity contribution in [3.05, 3.63) is 0 Å². The first-order valence-electron chi connectivity index (χ1n) is 9.26. The molecule has 3 N–H and O–H groups in total. The average molecular weight is 363 g/mol. The second-order valence-corrected chi connectivity index (χ2v) is 9.29. The minimum absolute atomic E-state index is 0.865. The average Bonchev–Trinajstić information content (AvgIpc) is 2.62. The highest BCUT2D eigenvalue weighted by Gasteiger charge is 2.36. The van der Waals surface area contributed by atoms with Crippen LogP contribution in [-0.2, 0) is 13.3 Å². The van der Waals surface area contributed by atoms with E-state index in [2.05, 4.69) is 20.9 Å². The summed E-state index contributed by atoms with van der Waals surface area (Å²) in [7, 11) is 2.63. The van der Waals surface area contributed by atoms with Crippen molar-refractivity contribution < 1.29 is 13.3 Å². The molecule has 0 bridgehead atoms. The van der Waals surface area contributed by atoms with E-state index in [1.54, 1.807) is 21.3 Å². The monoisotopic (exact) mass is 362 g/mol. The van der Waals surface area contributed by atoms with Gasteiger partial charge in [-0.2, -0.15) is 0 Å². The van der Waals surface area contributed by atoms with E-state index in [4.69, 9.17) is 13.3 Å². The summed E-state index contributed by atoms with van der Waals surface area (Å²) in [5.74, 6) is 0. The molecule has 1 aliphatic heterocycles. The molecule has 8 heteroatoms. The molecule has 0 aromatic heterocycles. The number of hydrogen-bond acceptors (Lipinski definition) is 7. The Balaban J connectivity index is 2.34. The zero-order valence-electron chi connectivity index (χ0n) is 15.9. The molecule has 24 heavy (non-hydrogen) atoms. The zero-order valence-corrected chi connectivity index (χ0v) is 16.9. The third kappa shape index (κ3) is 9.43. The van der Waals surface area contributed by atoms with E-state index in [1.807, 2.05) is 0 Å². The van der Waals surface area contributed by atoms with Gasteiger partial charge in [-0.15, -0.1) is 0 Å². The molecular weight excluding hydrogens is 324 g/mol. The molecule has 0 saturated carbocycles. The van der Waals surface area contributed by atoms with Crippen molar-refractivity contribution in [2.45, 2.75) is 25.3 Å². The van der Waals surface area contributed by atoms with Crippen LogP contribution in [0, 0.1) is 0 Å². The van der Waals surface area contributed by atoms with Crippen LogP contribution in [0.5, 0.6) is 0 Å². The molecule has 0 amide bonds. The molecule has 1 aliphatic rings. The molecule has 1 fully saturated rings. The molecule has 0 aromatic rings. The zero-order chi connectivity index (χ0) is 17.5. The van der Waals surface area contributed by atoms with Crippen molar-refractivity contribution in [3.63, 3.8) is 0 Å². The van der Waals surface area contributed by atoms with Crippen molar-refractivity contribution in [3.8, 4) is 0 Å². The SMILES string of the molecule is CO[Si](CCCN1CCCNCCNCCCNCC1)(OC)OC. The van der Waals surface area contributed by atoms with E-state index >= 15 is 0 Å². The smallest absolute Gasteiger partial charge is 0.377 e. The highest BCUT2D eigenvalue weighted by molar-refractivity contribution is 6.60. The predicted molar refractivity (Wildman–Crippen MR) is 100 cm³/mol. The van der Waals surface area contributed by atoms with E-state index < -0.39 is 8.80 Å². The maximum atomic E-state index is 5.51. The fourth-order valence-electron chi connectivity index (χ4n) is 2.97. The summed E-state index contributed by atoms with van der Waals surface area (Å²) >= 11 is 0. The molecule has 0 unspecified atom stereocenters. The van der Waals surface area contributed by atoms with Crippen LogP contribution in [0.25, 0.3) is 0 Å². The van der Waals surface area contributed by atoms with Gasteiger partial charge < -0.3 is 34.1 Å². The highest BCUT2D eigenvalue weighted by Crippen LogP contribution is 2.15. The molecule has 0 aromatic carbocycles. The summed E-state index contributed by atoms with van der Waals surface area (Å²) < 4.78 is 16.5. The summed E-state index contributed by atoms with van der Waals surface area (Å²) in [5.41, 5.74) is 0. The van der Waals surface area contributed by atoms with Crippen LogP contribution in [0.2, 0.25) is 6.04 Å². The second-order valence-electron chi connectivity index (χ2n) is 6.20. The lowest BCUT2D eigenvalue weighted by Gasteiger charge is -2.27. The number of nitrogens with one attached hydrogen (secondary N) is 3. The molecule has 7 nitrogen and oxygen atoms in total. The molecule has 1 saturated heterocycles. The van der Waals surface area contributed by atoms with Crippen LogP contribution in [0.3, 0.4) is 0 Å². The predicted octanol–water partition coefficient (Wildman–Crippen LogP) is 0.119. The molecule has 0 spiro atoms. The Morgan fingerprint density at radius 1 is 0.750 bits per heavy atom. The summed E-state index contributed by atoms with van der Waals surface area (Å²) in [4.78, 5) is 2.54. The van der Waals surface area contributed by atoms with Gasteiger partial charge in [0.15, 0.2) is 0 Å². The van der Waals surface area contributed by atoms with Gasteiger partial charge in [-0.1, -0.05) is 0 Å². The molecule has 0 radical (unpaired) electrons. The van der Waals surface area contributed by atoms with Gasteiger partial charge in [0.1, 0.15) is 0 Å². The van der Waals surface area contributed by atoms with Gasteiger partial charge in [-0.25, -0.2) is 0 Å². The topological polar surface area (TPSA) is 67.0 Å². The maximum absolute atomic E-state index is 5.51. The van der Waals surface area contributed by atoms with Gasteiger partial charge in [-0.05, 0) is 52.0 Å². The number of rotatable bonds is 7. The van der Waals surface area contributed by atoms with Gasteiger partial charge in [0.25, 0.3) is 0 Å². The standard InChI is InChI=1S/C16H38N4O3Si/c1-21-24(22-2,23-3)16-6-14-20-13-5-9-18-11-10-17-7-4-8-19-12-15-20/h17-19H,4-16H2,1-3H3. The first-order valence-corrected chi connectivity index (χ1v) is 11.2. The highest BCUT2D eigenvalue weighted by atomic mass is 28.4. The Bertz CT molecular complexity index is 274. The lowest BCUT2D eigenvalue weighted by atomic mass is 10.3. The first kappa shape index (κ1) is 22.0. The second kappa shape index (κ2) is 14.1. The van der Waals surface area contributed by atoms with Gasteiger partial charge in [0.2, 0.25) is 0 Å².